The van der Waals surface area contributed by atoms with Gasteiger partial charge in [-0.2, -0.15) is 13.1 Å². The average molecular weight is 302 g/mol. The number of hydrogen-bond donors (Lipinski definition) is 3. The summed E-state index contributed by atoms with van der Waals surface area (Å²) in [6.45, 7) is 1.70. The summed E-state index contributed by atoms with van der Waals surface area (Å²) in [6.07, 6.45) is -0.823. The summed E-state index contributed by atoms with van der Waals surface area (Å²) in [7, 11) is -2.66. The molecule has 20 heavy (non-hydrogen) atoms. The maximum absolute atomic E-state index is 11.4. The lowest BCUT2D eigenvalue weighted by Crippen LogP contribution is -2.51. The summed E-state index contributed by atoms with van der Waals surface area (Å²) in [5.74, 6) is -1.30. The number of rotatable bonds is 8. The van der Waals surface area contributed by atoms with Gasteiger partial charge in [0.1, 0.15) is 6.04 Å². The van der Waals surface area contributed by atoms with Crippen LogP contribution in [-0.2, 0) is 26.3 Å². The number of ether oxygens (including phenoxy) is 1. The van der Waals surface area contributed by atoms with Gasteiger partial charge in [-0.3, -0.25) is 4.79 Å². The SMILES string of the molecule is CNS(=O)(=O)NC(C(=O)O)C(C)OCc1ccccc1. The van der Waals surface area contributed by atoms with Crippen LogP contribution in [0.25, 0.3) is 0 Å². The van der Waals surface area contributed by atoms with Gasteiger partial charge in [0.2, 0.25) is 0 Å². The molecule has 3 N–H and O–H groups in total. The Morgan fingerprint density at radius 3 is 2.45 bits per heavy atom. The molecule has 0 amide bonds. The maximum Gasteiger partial charge on any atom is 0.324 e. The second kappa shape index (κ2) is 7.34. The third-order valence-electron chi connectivity index (χ3n) is 2.64. The molecule has 0 radical (unpaired) electrons. The largest absolute Gasteiger partial charge is 0.480 e. The molecule has 0 aliphatic heterocycles. The van der Waals surface area contributed by atoms with E-state index in [1.165, 1.54) is 14.0 Å². The van der Waals surface area contributed by atoms with Crippen LogP contribution in [0.15, 0.2) is 30.3 Å². The van der Waals surface area contributed by atoms with E-state index in [-0.39, 0.29) is 6.61 Å². The van der Waals surface area contributed by atoms with Crippen LogP contribution in [0.3, 0.4) is 0 Å². The Bertz CT molecular complexity index is 532. The zero-order valence-electron chi connectivity index (χ0n) is 11.2. The van der Waals surface area contributed by atoms with Crippen LogP contribution >= 0.6 is 0 Å². The van der Waals surface area contributed by atoms with Crippen molar-refractivity contribution in [2.45, 2.75) is 25.7 Å². The smallest absolute Gasteiger partial charge is 0.324 e. The molecule has 0 aliphatic rings. The normalized spacial score (nSPS) is 14.7. The lowest BCUT2D eigenvalue weighted by Gasteiger charge is -2.21. The van der Waals surface area contributed by atoms with Crippen molar-refractivity contribution in [3.05, 3.63) is 35.9 Å². The fourth-order valence-electron chi connectivity index (χ4n) is 1.47. The summed E-state index contributed by atoms with van der Waals surface area (Å²) in [6, 6.07) is 7.83. The monoisotopic (exact) mass is 302 g/mol. The first-order valence-corrected chi connectivity index (χ1v) is 7.43. The van der Waals surface area contributed by atoms with Crippen LogP contribution in [0, 0.1) is 0 Å². The van der Waals surface area contributed by atoms with Crippen LogP contribution in [0.5, 0.6) is 0 Å². The summed E-state index contributed by atoms with van der Waals surface area (Å²) in [5, 5.41) is 9.06. The minimum Gasteiger partial charge on any atom is -0.480 e. The average Bonchev–Trinajstić information content (AvgIpc) is 2.43. The second-order valence-corrected chi connectivity index (χ2v) is 5.79. The van der Waals surface area contributed by atoms with Gasteiger partial charge >= 0.3 is 5.97 Å². The number of hydrogen-bond acceptors (Lipinski definition) is 4. The fourth-order valence-corrected chi connectivity index (χ4v) is 2.22. The zero-order valence-corrected chi connectivity index (χ0v) is 12.1. The van der Waals surface area contributed by atoms with E-state index in [1.807, 2.05) is 39.8 Å². The van der Waals surface area contributed by atoms with Crippen molar-refractivity contribution in [1.29, 1.82) is 0 Å². The van der Waals surface area contributed by atoms with Gasteiger partial charge in [0.25, 0.3) is 10.2 Å². The molecule has 1 aromatic rings. The minimum atomic E-state index is -3.85. The highest BCUT2D eigenvalue weighted by Gasteiger charge is 2.29. The topological polar surface area (TPSA) is 105 Å². The first-order chi connectivity index (χ1) is 9.35. The standard InChI is InChI=1S/C12H18N2O5S/c1-9(19-8-10-6-4-3-5-7-10)11(12(15)16)14-20(17,18)13-2/h3-7,9,11,13-14H,8H2,1-2H3,(H,15,16). The predicted molar refractivity (Wildman–Crippen MR) is 73.2 cm³/mol. The summed E-state index contributed by atoms with van der Waals surface area (Å²) >= 11 is 0. The van der Waals surface area contributed by atoms with E-state index in [9.17, 15) is 13.2 Å². The van der Waals surface area contributed by atoms with Gasteiger partial charge in [0, 0.05) is 7.05 Å². The Morgan fingerprint density at radius 2 is 1.95 bits per heavy atom. The molecule has 0 fully saturated rings. The van der Waals surface area contributed by atoms with E-state index in [0.717, 1.165) is 5.56 Å². The van der Waals surface area contributed by atoms with Crippen molar-refractivity contribution in [1.82, 2.24) is 9.44 Å². The highest BCUT2D eigenvalue weighted by atomic mass is 32.2. The lowest BCUT2D eigenvalue weighted by atomic mass is 10.2. The quantitative estimate of drug-likeness (QED) is 0.631. The van der Waals surface area contributed by atoms with Crippen molar-refractivity contribution in [2.24, 2.45) is 0 Å². The Kier molecular flexibility index (Phi) is 6.08. The molecule has 0 spiro atoms. The molecule has 8 heteroatoms. The first-order valence-electron chi connectivity index (χ1n) is 5.95. The van der Waals surface area contributed by atoms with Gasteiger partial charge < -0.3 is 9.84 Å². The third kappa shape index (κ3) is 5.25. The van der Waals surface area contributed by atoms with E-state index in [2.05, 4.69) is 0 Å². The van der Waals surface area contributed by atoms with Gasteiger partial charge in [-0.05, 0) is 12.5 Å². The van der Waals surface area contributed by atoms with E-state index in [0.29, 0.717) is 0 Å². The van der Waals surface area contributed by atoms with E-state index < -0.39 is 28.3 Å². The zero-order chi connectivity index (χ0) is 15.2. The van der Waals surface area contributed by atoms with E-state index >= 15 is 0 Å². The van der Waals surface area contributed by atoms with Gasteiger partial charge in [-0.25, -0.2) is 4.72 Å². The minimum absolute atomic E-state index is 0.201. The highest BCUT2D eigenvalue weighted by Crippen LogP contribution is 2.07. The first kappa shape index (κ1) is 16.6. The number of carbonyl (C=O) groups is 1. The lowest BCUT2D eigenvalue weighted by molar-refractivity contribution is -0.143. The molecule has 0 bridgehead atoms. The van der Waals surface area contributed by atoms with Gasteiger partial charge in [0.05, 0.1) is 12.7 Å². The van der Waals surface area contributed by atoms with Gasteiger partial charge in [-0.15, -0.1) is 0 Å². The number of carboxylic acid groups (broad SMARTS) is 1. The number of nitrogens with one attached hydrogen (secondary N) is 2. The van der Waals surface area contributed by atoms with E-state index in [1.54, 1.807) is 0 Å². The molecule has 0 saturated heterocycles. The summed E-state index contributed by atoms with van der Waals surface area (Å²) in [4.78, 5) is 11.1. The molecule has 1 rings (SSSR count). The fraction of sp³-hybridized carbons (Fsp3) is 0.417. The molecule has 1 aromatic carbocycles. The Labute approximate surface area is 118 Å². The number of benzene rings is 1. The Balaban J connectivity index is 2.65. The molecule has 2 unspecified atom stereocenters. The molecular weight excluding hydrogens is 284 g/mol. The van der Waals surface area contributed by atoms with Crippen molar-refractivity contribution in [3.63, 3.8) is 0 Å². The molecule has 0 aromatic heterocycles. The summed E-state index contributed by atoms with van der Waals surface area (Å²) < 4.78 is 32.1. The van der Waals surface area contributed by atoms with Crippen LogP contribution in [0.4, 0.5) is 0 Å². The molecule has 0 saturated carbocycles. The highest BCUT2D eigenvalue weighted by molar-refractivity contribution is 7.87. The Hall–Kier alpha value is -1.48. The molecular formula is C12H18N2O5S. The van der Waals surface area contributed by atoms with Gasteiger partial charge in [0.15, 0.2) is 0 Å². The molecule has 0 heterocycles. The molecule has 2 atom stereocenters. The van der Waals surface area contributed by atoms with Crippen LogP contribution in [0.2, 0.25) is 0 Å². The van der Waals surface area contributed by atoms with Crippen LogP contribution in [-0.4, -0.2) is 38.7 Å². The van der Waals surface area contributed by atoms with Crippen LogP contribution < -0.4 is 9.44 Å². The van der Waals surface area contributed by atoms with Crippen molar-refractivity contribution in [2.75, 3.05) is 7.05 Å². The molecule has 112 valence electrons. The van der Waals surface area contributed by atoms with Crippen molar-refractivity contribution in [3.8, 4) is 0 Å². The molecule has 0 aliphatic carbocycles. The second-order valence-electron chi connectivity index (χ2n) is 4.14. The number of carboxylic acids is 1. The van der Waals surface area contributed by atoms with Crippen molar-refractivity contribution < 1.29 is 23.1 Å². The molecule has 7 nitrogen and oxygen atoms in total. The summed E-state index contributed by atoms with van der Waals surface area (Å²) in [5.41, 5.74) is 0.875. The number of aliphatic carboxylic acids is 1. The van der Waals surface area contributed by atoms with Crippen LogP contribution in [0.1, 0.15) is 12.5 Å². The van der Waals surface area contributed by atoms with Gasteiger partial charge in [-0.1, -0.05) is 30.3 Å². The predicted octanol–water partition coefficient (Wildman–Crippen LogP) is 0.0987. The maximum atomic E-state index is 11.4. The Morgan fingerprint density at radius 1 is 1.35 bits per heavy atom. The third-order valence-corrected chi connectivity index (χ3v) is 3.74. The van der Waals surface area contributed by atoms with Crippen molar-refractivity contribution >= 4 is 16.2 Å². The van der Waals surface area contributed by atoms with E-state index in [4.69, 9.17) is 9.84 Å².